The SMILES string of the molecule is COC(=O)c1ccc(Cl)c(CN2CCC(N)CC2)c1. The summed E-state index contributed by atoms with van der Waals surface area (Å²) in [6.45, 7) is 2.69. The maximum atomic E-state index is 11.5. The standard InChI is InChI=1S/C14H19ClN2O2/c1-19-14(18)10-2-3-13(15)11(8-10)9-17-6-4-12(16)5-7-17/h2-3,8,12H,4-7,9,16H2,1H3. The van der Waals surface area contributed by atoms with Gasteiger partial charge in [-0.25, -0.2) is 4.79 Å². The van der Waals surface area contributed by atoms with Gasteiger partial charge in [-0.1, -0.05) is 11.6 Å². The number of piperidine rings is 1. The second-order valence-electron chi connectivity index (χ2n) is 4.91. The van der Waals surface area contributed by atoms with Gasteiger partial charge in [0.25, 0.3) is 0 Å². The van der Waals surface area contributed by atoms with Crippen molar-refractivity contribution >= 4 is 17.6 Å². The number of carbonyl (C=O) groups is 1. The van der Waals surface area contributed by atoms with Crippen LogP contribution >= 0.6 is 11.6 Å². The quantitative estimate of drug-likeness (QED) is 0.862. The summed E-state index contributed by atoms with van der Waals surface area (Å²) < 4.78 is 4.72. The van der Waals surface area contributed by atoms with Crippen LogP contribution in [-0.2, 0) is 11.3 Å². The molecule has 2 N–H and O–H groups in total. The second kappa shape index (κ2) is 6.37. The van der Waals surface area contributed by atoms with Crippen LogP contribution in [0, 0.1) is 0 Å². The molecule has 0 bridgehead atoms. The molecule has 1 aromatic rings. The molecule has 4 nitrogen and oxygen atoms in total. The van der Waals surface area contributed by atoms with Crippen molar-refractivity contribution in [2.75, 3.05) is 20.2 Å². The Morgan fingerprint density at radius 2 is 2.16 bits per heavy atom. The van der Waals surface area contributed by atoms with Crippen LogP contribution in [0.4, 0.5) is 0 Å². The fraction of sp³-hybridized carbons (Fsp3) is 0.500. The molecule has 0 spiro atoms. The fourth-order valence-corrected chi connectivity index (χ4v) is 2.47. The maximum Gasteiger partial charge on any atom is 0.337 e. The van der Waals surface area contributed by atoms with E-state index >= 15 is 0 Å². The van der Waals surface area contributed by atoms with Crippen molar-refractivity contribution in [2.45, 2.75) is 25.4 Å². The third-order valence-electron chi connectivity index (χ3n) is 3.49. The number of nitrogens with zero attached hydrogens (tertiary/aromatic N) is 1. The van der Waals surface area contributed by atoms with E-state index in [1.54, 1.807) is 12.1 Å². The summed E-state index contributed by atoms with van der Waals surface area (Å²) in [5, 5.41) is 0.683. The minimum atomic E-state index is -0.335. The Balaban J connectivity index is 2.08. The molecule has 0 aliphatic carbocycles. The highest BCUT2D eigenvalue weighted by Crippen LogP contribution is 2.21. The number of likely N-dealkylation sites (tertiary alicyclic amines) is 1. The molecule has 1 aliphatic rings. The first-order valence-corrected chi connectivity index (χ1v) is 6.82. The molecule has 0 aromatic heterocycles. The van der Waals surface area contributed by atoms with E-state index < -0.39 is 0 Å². The summed E-state index contributed by atoms with van der Waals surface area (Å²) in [5.74, 6) is -0.335. The van der Waals surface area contributed by atoms with Crippen LogP contribution in [0.15, 0.2) is 18.2 Å². The highest BCUT2D eigenvalue weighted by atomic mass is 35.5. The van der Waals surface area contributed by atoms with Crippen molar-refractivity contribution in [1.29, 1.82) is 0 Å². The van der Waals surface area contributed by atoms with E-state index in [1.807, 2.05) is 6.07 Å². The van der Waals surface area contributed by atoms with Gasteiger partial charge in [0.05, 0.1) is 12.7 Å². The van der Waals surface area contributed by atoms with Gasteiger partial charge >= 0.3 is 5.97 Å². The highest BCUT2D eigenvalue weighted by Gasteiger charge is 2.17. The van der Waals surface area contributed by atoms with Crippen molar-refractivity contribution in [2.24, 2.45) is 5.73 Å². The third-order valence-corrected chi connectivity index (χ3v) is 3.86. The number of methoxy groups -OCH3 is 1. The summed E-state index contributed by atoms with van der Waals surface area (Å²) in [6, 6.07) is 5.55. The zero-order valence-corrected chi connectivity index (χ0v) is 11.8. The zero-order valence-electron chi connectivity index (χ0n) is 11.1. The molecule has 1 aromatic carbocycles. The van der Waals surface area contributed by atoms with E-state index in [0.29, 0.717) is 16.6 Å². The number of carbonyl (C=O) groups excluding carboxylic acids is 1. The third kappa shape index (κ3) is 3.69. The average molecular weight is 283 g/mol. The lowest BCUT2D eigenvalue weighted by atomic mass is 10.0. The number of esters is 1. The van der Waals surface area contributed by atoms with Crippen LogP contribution in [0.2, 0.25) is 5.02 Å². The first-order chi connectivity index (χ1) is 9.10. The van der Waals surface area contributed by atoms with Gasteiger partial charge in [0.2, 0.25) is 0 Å². The van der Waals surface area contributed by atoms with Crippen LogP contribution < -0.4 is 5.73 Å². The lowest BCUT2D eigenvalue weighted by Crippen LogP contribution is -2.39. The average Bonchev–Trinajstić information content (AvgIpc) is 2.43. The number of ether oxygens (including phenoxy) is 1. The smallest absolute Gasteiger partial charge is 0.337 e. The number of hydrogen-bond donors (Lipinski definition) is 1. The Labute approximate surface area is 118 Å². The normalized spacial score (nSPS) is 17.4. The van der Waals surface area contributed by atoms with E-state index in [0.717, 1.165) is 38.0 Å². The van der Waals surface area contributed by atoms with Gasteiger partial charge in [0, 0.05) is 17.6 Å². The number of rotatable bonds is 3. The minimum Gasteiger partial charge on any atom is -0.465 e. The molecule has 0 amide bonds. The van der Waals surface area contributed by atoms with Gasteiger partial charge in [0.15, 0.2) is 0 Å². The molecule has 104 valence electrons. The Kier molecular flexibility index (Phi) is 4.80. The van der Waals surface area contributed by atoms with Crippen LogP contribution in [0.25, 0.3) is 0 Å². The predicted octanol–water partition coefficient (Wildman–Crippen LogP) is 2.05. The number of halogens is 1. The van der Waals surface area contributed by atoms with E-state index in [1.165, 1.54) is 7.11 Å². The molecule has 5 heteroatoms. The minimum absolute atomic E-state index is 0.313. The van der Waals surface area contributed by atoms with Crippen LogP contribution in [0.5, 0.6) is 0 Å². The Morgan fingerprint density at radius 3 is 2.79 bits per heavy atom. The summed E-state index contributed by atoms with van der Waals surface area (Å²) in [7, 11) is 1.38. The molecule has 2 rings (SSSR count). The van der Waals surface area contributed by atoms with Crippen LogP contribution in [-0.4, -0.2) is 37.1 Å². The monoisotopic (exact) mass is 282 g/mol. The second-order valence-corrected chi connectivity index (χ2v) is 5.32. The lowest BCUT2D eigenvalue weighted by molar-refractivity contribution is 0.0600. The molecule has 0 radical (unpaired) electrons. The van der Waals surface area contributed by atoms with Crippen molar-refractivity contribution in [3.63, 3.8) is 0 Å². The largest absolute Gasteiger partial charge is 0.465 e. The number of nitrogens with two attached hydrogens (primary N) is 1. The molecule has 19 heavy (non-hydrogen) atoms. The first-order valence-electron chi connectivity index (χ1n) is 6.45. The topological polar surface area (TPSA) is 55.6 Å². The fourth-order valence-electron chi connectivity index (χ4n) is 2.29. The Hall–Kier alpha value is -1.10. The van der Waals surface area contributed by atoms with Crippen LogP contribution in [0.1, 0.15) is 28.8 Å². The first kappa shape index (κ1) is 14.3. The van der Waals surface area contributed by atoms with E-state index in [2.05, 4.69) is 4.90 Å². The van der Waals surface area contributed by atoms with Crippen molar-refractivity contribution in [1.82, 2.24) is 4.90 Å². The Bertz CT molecular complexity index is 457. The molecule has 1 aliphatic heterocycles. The molecule has 0 saturated carbocycles. The summed E-state index contributed by atoms with van der Waals surface area (Å²) >= 11 is 6.19. The van der Waals surface area contributed by atoms with Gasteiger partial charge in [-0.2, -0.15) is 0 Å². The van der Waals surface area contributed by atoms with Gasteiger partial charge in [-0.3, -0.25) is 4.90 Å². The van der Waals surface area contributed by atoms with E-state index in [4.69, 9.17) is 22.1 Å². The van der Waals surface area contributed by atoms with E-state index in [-0.39, 0.29) is 5.97 Å². The molecule has 1 fully saturated rings. The van der Waals surface area contributed by atoms with Crippen molar-refractivity contribution in [3.05, 3.63) is 34.3 Å². The lowest BCUT2D eigenvalue weighted by Gasteiger charge is -2.30. The molecule has 1 saturated heterocycles. The molecule has 0 atom stereocenters. The van der Waals surface area contributed by atoms with Crippen molar-refractivity contribution < 1.29 is 9.53 Å². The summed E-state index contributed by atoms with van der Waals surface area (Å²) in [5.41, 5.74) is 7.38. The summed E-state index contributed by atoms with van der Waals surface area (Å²) in [6.07, 6.45) is 2.02. The molecule has 0 unspecified atom stereocenters. The molecular weight excluding hydrogens is 264 g/mol. The highest BCUT2D eigenvalue weighted by molar-refractivity contribution is 6.31. The number of benzene rings is 1. The zero-order chi connectivity index (χ0) is 13.8. The van der Waals surface area contributed by atoms with Gasteiger partial charge in [0.1, 0.15) is 0 Å². The Morgan fingerprint density at radius 1 is 1.47 bits per heavy atom. The van der Waals surface area contributed by atoms with Gasteiger partial charge in [-0.15, -0.1) is 0 Å². The van der Waals surface area contributed by atoms with Gasteiger partial charge in [-0.05, 0) is 49.7 Å². The maximum absolute atomic E-state index is 11.5. The van der Waals surface area contributed by atoms with Crippen molar-refractivity contribution in [3.8, 4) is 0 Å². The molecule has 1 heterocycles. The van der Waals surface area contributed by atoms with Gasteiger partial charge < -0.3 is 10.5 Å². The number of hydrogen-bond acceptors (Lipinski definition) is 4. The summed E-state index contributed by atoms with van der Waals surface area (Å²) in [4.78, 5) is 13.8. The van der Waals surface area contributed by atoms with Crippen LogP contribution in [0.3, 0.4) is 0 Å². The molecular formula is C14H19ClN2O2. The predicted molar refractivity (Wildman–Crippen MR) is 75.3 cm³/mol. The van der Waals surface area contributed by atoms with E-state index in [9.17, 15) is 4.79 Å².